The number of hydrogen-bond donors (Lipinski definition) is 1. The van der Waals surface area contributed by atoms with Crippen molar-refractivity contribution in [2.75, 3.05) is 13.1 Å². The molecule has 0 saturated carbocycles. The maximum atomic E-state index is 13.4. The summed E-state index contributed by atoms with van der Waals surface area (Å²) in [7, 11) is 0. The second-order valence-corrected chi connectivity index (χ2v) is 6.84. The van der Waals surface area contributed by atoms with Crippen molar-refractivity contribution in [3.63, 3.8) is 0 Å². The molecule has 2 aromatic carbocycles. The van der Waals surface area contributed by atoms with Gasteiger partial charge < -0.3 is 5.32 Å². The third-order valence-electron chi connectivity index (χ3n) is 4.69. The monoisotopic (exact) mass is 360 g/mol. The van der Waals surface area contributed by atoms with Gasteiger partial charge in [-0.2, -0.15) is 0 Å². The number of benzene rings is 2. The number of hydrogen-bond acceptors (Lipinski definition) is 2. The highest BCUT2D eigenvalue weighted by atomic mass is 35.5. The Morgan fingerprint density at radius 3 is 2.56 bits per heavy atom. The third kappa shape index (κ3) is 4.80. The number of carbonyl (C=O) groups is 1. The van der Waals surface area contributed by atoms with Gasteiger partial charge in [0.1, 0.15) is 5.82 Å². The molecule has 5 heteroatoms. The molecule has 132 valence electrons. The molecule has 1 amide bonds. The van der Waals surface area contributed by atoms with Crippen molar-refractivity contribution >= 4 is 17.5 Å². The molecule has 25 heavy (non-hydrogen) atoms. The Kier molecular flexibility index (Phi) is 6.05. The highest BCUT2D eigenvalue weighted by Crippen LogP contribution is 2.21. The molecule has 0 aliphatic carbocycles. The van der Waals surface area contributed by atoms with Crippen molar-refractivity contribution in [3.05, 3.63) is 70.5 Å². The topological polar surface area (TPSA) is 32.3 Å². The number of halogens is 2. The van der Waals surface area contributed by atoms with Crippen molar-refractivity contribution in [2.45, 2.75) is 25.9 Å². The van der Waals surface area contributed by atoms with E-state index in [1.165, 1.54) is 11.6 Å². The van der Waals surface area contributed by atoms with Gasteiger partial charge in [0.05, 0.1) is 5.02 Å². The summed E-state index contributed by atoms with van der Waals surface area (Å²) >= 11 is 5.93. The number of piperidine rings is 1. The third-order valence-corrected chi connectivity index (χ3v) is 5.12. The van der Waals surface area contributed by atoms with Gasteiger partial charge in [0.25, 0.3) is 0 Å². The van der Waals surface area contributed by atoms with Crippen LogP contribution in [0.1, 0.15) is 24.0 Å². The van der Waals surface area contributed by atoms with Gasteiger partial charge in [-0.05, 0) is 43.1 Å². The van der Waals surface area contributed by atoms with E-state index in [0.29, 0.717) is 5.56 Å². The zero-order valence-corrected chi connectivity index (χ0v) is 14.8. The van der Waals surface area contributed by atoms with Crippen LogP contribution in [0.3, 0.4) is 0 Å². The first-order valence-electron chi connectivity index (χ1n) is 8.60. The molecule has 1 aliphatic heterocycles. The van der Waals surface area contributed by atoms with Gasteiger partial charge in [-0.1, -0.05) is 54.1 Å². The average Bonchev–Trinajstić information content (AvgIpc) is 2.64. The van der Waals surface area contributed by atoms with Crippen LogP contribution in [0.4, 0.5) is 4.39 Å². The van der Waals surface area contributed by atoms with Crippen LogP contribution in [0.15, 0.2) is 48.5 Å². The fourth-order valence-corrected chi connectivity index (χ4v) is 3.40. The first-order chi connectivity index (χ1) is 12.1. The molecule has 1 aliphatic rings. The lowest BCUT2D eigenvalue weighted by molar-refractivity contribution is -0.126. The van der Waals surface area contributed by atoms with E-state index in [1.54, 1.807) is 12.1 Å². The molecule has 0 atom stereocenters. The van der Waals surface area contributed by atoms with E-state index in [9.17, 15) is 9.18 Å². The van der Waals surface area contributed by atoms with Crippen molar-refractivity contribution in [1.29, 1.82) is 0 Å². The van der Waals surface area contributed by atoms with Gasteiger partial charge in [0, 0.05) is 19.0 Å². The summed E-state index contributed by atoms with van der Waals surface area (Å²) in [6.07, 6.45) is 1.69. The summed E-state index contributed by atoms with van der Waals surface area (Å²) in [5.74, 6) is -0.415. The number of nitrogens with one attached hydrogen (secondary N) is 1. The second-order valence-electron chi connectivity index (χ2n) is 6.47. The molecular formula is C20H22ClFN2O. The van der Waals surface area contributed by atoms with Gasteiger partial charge in [0.2, 0.25) is 5.91 Å². The van der Waals surface area contributed by atoms with Crippen molar-refractivity contribution in [2.24, 2.45) is 5.92 Å². The summed E-state index contributed by atoms with van der Waals surface area (Å²) in [6, 6.07) is 15.0. The second kappa shape index (κ2) is 8.45. The SMILES string of the molecule is O=C(NCc1cccc(F)c1Cl)C1CCN(Cc2ccccc2)CC1. The standard InChI is InChI=1S/C20H22ClFN2O/c21-19-17(7-4-8-18(19)22)13-23-20(25)16-9-11-24(12-10-16)14-15-5-2-1-3-6-15/h1-8,16H,9-14H2,(H,23,25). The molecule has 0 radical (unpaired) electrons. The van der Waals surface area contributed by atoms with Crippen LogP contribution in [0.25, 0.3) is 0 Å². The number of nitrogens with zero attached hydrogens (tertiary/aromatic N) is 1. The van der Waals surface area contributed by atoms with E-state index in [1.807, 2.05) is 18.2 Å². The van der Waals surface area contributed by atoms with Crippen LogP contribution in [0.2, 0.25) is 5.02 Å². The minimum absolute atomic E-state index is 0.0133. The summed E-state index contributed by atoms with van der Waals surface area (Å²) in [4.78, 5) is 14.7. The van der Waals surface area contributed by atoms with Gasteiger partial charge in [-0.3, -0.25) is 9.69 Å². The molecule has 1 heterocycles. The van der Waals surface area contributed by atoms with E-state index < -0.39 is 5.82 Å². The Labute approximate surface area is 152 Å². The average molecular weight is 361 g/mol. The summed E-state index contributed by atoms with van der Waals surface area (Å²) < 4.78 is 13.4. The number of amides is 1. The summed E-state index contributed by atoms with van der Waals surface area (Å²) in [5.41, 5.74) is 1.91. The van der Waals surface area contributed by atoms with Gasteiger partial charge >= 0.3 is 0 Å². The normalized spacial score (nSPS) is 15.9. The van der Waals surface area contributed by atoms with E-state index in [-0.39, 0.29) is 23.4 Å². The molecule has 0 aromatic heterocycles. The lowest BCUT2D eigenvalue weighted by atomic mass is 9.95. The zero-order valence-electron chi connectivity index (χ0n) is 14.1. The number of rotatable bonds is 5. The van der Waals surface area contributed by atoms with E-state index in [4.69, 9.17) is 11.6 Å². The number of likely N-dealkylation sites (tertiary alicyclic amines) is 1. The molecule has 0 unspecified atom stereocenters. The highest BCUT2D eigenvalue weighted by Gasteiger charge is 2.24. The van der Waals surface area contributed by atoms with Crippen molar-refractivity contribution < 1.29 is 9.18 Å². The molecule has 1 saturated heterocycles. The van der Waals surface area contributed by atoms with Gasteiger partial charge in [-0.15, -0.1) is 0 Å². The minimum atomic E-state index is -0.456. The molecular weight excluding hydrogens is 339 g/mol. The van der Waals surface area contributed by atoms with Crippen LogP contribution < -0.4 is 5.32 Å². The smallest absolute Gasteiger partial charge is 0.223 e. The molecule has 1 N–H and O–H groups in total. The van der Waals surface area contributed by atoms with Crippen LogP contribution in [-0.2, 0) is 17.9 Å². The Bertz CT molecular complexity index is 715. The van der Waals surface area contributed by atoms with E-state index >= 15 is 0 Å². The minimum Gasteiger partial charge on any atom is -0.352 e. The van der Waals surface area contributed by atoms with Crippen LogP contribution >= 0.6 is 11.6 Å². The Hall–Kier alpha value is -1.91. The lowest BCUT2D eigenvalue weighted by Gasteiger charge is -2.31. The Morgan fingerprint density at radius 1 is 1.12 bits per heavy atom. The molecule has 3 nitrogen and oxygen atoms in total. The van der Waals surface area contributed by atoms with Gasteiger partial charge in [-0.25, -0.2) is 4.39 Å². The van der Waals surface area contributed by atoms with Crippen LogP contribution in [-0.4, -0.2) is 23.9 Å². The Balaban J connectivity index is 1.46. The molecule has 3 rings (SSSR count). The zero-order chi connectivity index (χ0) is 17.6. The van der Waals surface area contributed by atoms with Crippen LogP contribution in [0.5, 0.6) is 0 Å². The molecule has 2 aromatic rings. The largest absolute Gasteiger partial charge is 0.352 e. The first kappa shape index (κ1) is 17.9. The van der Waals surface area contributed by atoms with E-state index in [0.717, 1.165) is 32.5 Å². The quantitative estimate of drug-likeness (QED) is 0.873. The van der Waals surface area contributed by atoms with E-state index in [2.05, 4.69) is 22.3 Å². The van der Waals surface area contributed by atoms with Crippen LogP contribution in [0, 0.1) is 11.7 Å². The maximum Gasteiger partial charge on any atom is 0.223 e. The summed E-state index contributed by atoms with van der Waals surface area (Å²) in [5, 5.41) is 2.98. The predicted octanol–water partition coefficient (Wildman–Crippen LogP) is 4.01. The lowest BCUT2D eigenvalue weighted by Crippen LogP contribution is -2.40. The fraction of sp³-hybridized carbons (Fsp3) is 0.350. The maximum absolute atomic E-state index is 13.4. The highest BCUT2D eigenvalue weighted by molar-refractivity contribution is 6.31. The fourth-order valence-electron chi connectivity index (χ4n) is 3.21. The molecule has 1 fully saturated rings. The van der Waals surface area contributed by atoms with Gasteiger partial charge in [0.15, 0.2) is 0 Å². The Morgan fingerprint density at radius 2 is 1.84 bits per heavy atom. The first-order valence-corrected chi connectivity index (χ1v) is 8.98. The van der Waals surface area contributed by atoms with Crippen molar-refractivity contribution in [1.82, 2.24) is 10.2 Å². The molecule has 0 spiro atoms. The summed E-state index contributed by atoms with van der Waals surface area (Å²) in [6.45, 7) is 3.01. The number of carbonyl (C=O) groups excluding carboxylic acids is 1. The van der Waals surface area contributed by atoms with Crippen molar-refractivity contribution in [3.8, 4) is 0 Å². The predicted molar refractivity (Wildman–Crippen MR) is 97.7 cm³/mol. The molecule has 0 bridgehead atoms.